The first-order chi connectivity index (χ1) is 9.58. The average Bonchev–Trinajstić information content (AvgIpc) is 2.46. The van der Waals surface area contributed by atoms with Crippen molar-refractivity contribution in [2.45, 2.75) is 25.8 Å². The molecule has 0 saturated carbocycles. The highest BCUT2D eigenvalue weighted by atomic mass is 79.9. The molecule has 2 N–H and O–H groups in total. The van der Waals surface area contributed by atoms with Crippen LogP contribution in [0.15, 0.2) is 22.7 Å². The van der Waals surface area contributed by atoms with Crippen LogP contribution >= 0.6 is 28.3 Å². The van der Waals surface area contributed by atoms with Gasteiger partial charge in [0, 0.05) is 24.7 Å². The minimum Gasteiger partial charge on any atom is -0.496 e. The number of rotatable bonds is 3. The summed E-state index contributed by atoms with van der Waals surface area (Å²) in [7, 11) is 1.61. The van der Waals surface area contributed by atoms with Crippen molar-refractivity contribution < 1.29 is 9.53 Å². The van der Waals surface area contributed by atoms with Crippen molar-refractivity contribution in [1.82, 2.24) is 4.90 Å². The van der Waals surface area contributed by atoms with Gasteiger partial charge in [0.05, 0.1) is 11.6 Å². The summed E-state index contributed by atoms with van der Waals surface area (Å²) in [6, 6.07) is 5.56. The number of benzene rings is 1. The normalized spacial score (nSPS) is 21.6. The van der Waals surface area contributed by atoms with Crippen LogP contribution in [0.4, 0.5) is 0 Å². The number of halogens is 2. The molecule has 1 aliphatic heterocycles. The number of nitrogens with two attached hydrogens (primary N) is 1. The molecule has 118 valence electrons. The number of carbonyl (C=O) groups excluding carboxylic acids is 1. The molecule has 2 unspecified atom stereocenters. The first-order valence-corrected chi connectivity index (χ1v) is 7.72. The van der Waals surface area contributed by atoms with Crippen LogP contribution in [0.3, 0.4) is 0 Å². The van der Waals surface area contributed by atoms with Crippen LogP contribution in [-0.4, -0.2) is 37.0 Å². The molecule has 6 heteroatoms. The zero-order valence-electron chi connectivity index (χ0n) is 12.3. The van der Waals surface area contributed by atoms with Crippen LogP contribution in [0.1, 0.15) is 30.1 Å². The fraction of sp³-hybridized carbons (Fsp3) is 0.533. The number of methoxy groups -OCH3 is 1. The van der Waals surface area contributed by atoms with E-state index < -0.39 is 0 Å². The van der Waals surface area contributed by atoms with Crippen LogP contribution in [0.5, 0.6) is 5.75 Å². The van der Waals surface area contributed by atoms with Crippen molar-refractivity contribution in [3.8, 4) is 5.75 Å². The average molecular weight is 378 g/mol. The molecular weight excluding hydrogens is 356 g/mol. The molecule has 0 radical (unpaired) electrons. The molecule has 2 atom stereocenters. The van der Waals surface area contributed by atoms with Crippen molar-refractivity contribution in [3.05, 3.63) is 28.2 Å². The summed E-state index contributed by atoms with van der Waals surface area (Å²) in [6.07, 6.45) is 2.18. The molecule has 1 aromatic carbocycles. The zero-order chi connectivity index (χ0) is 14.7. The molecule has 1 saturated heterocycles. The summed E-state index contributed by atoms with van der Waals surface area (Å²) in [6.45, 7) is 3.47. The summed E-state index contributed by atoms with van der Waals surface area (Å²) >= 11 is 3.42. The van der Waals surface area contributed by atoms with Crippen molar-refractivity contribution in [2.75, 3.05) is 20.2 Å². The van der Waals surface area contributed by atoms with E-state index in [0.717, 1.165) is 29.6 Å². The third-order valence-corrected chi connectivity index (χ3v) is 4.64. The van der Waals surface area contributed by atoms with Gasteiger partial charge < -0.3 is 15.4 Å². The van der Waals surface area contributed by atoms with E-state index >= 15 is 0 Å². The maximum Gasteiger partial charge on any atom is 0.254 e. The highest BCUT2D eigenvalue weighted by Crippen LogP contribution is 2.28. The van der Waals surface area contributed by atoms with E-state index in [1.54, 1.807) is 13.2 Å². The van der Waals surface area contributed by atoms with Gasteiger partial charge in [-0.2, -0.15) is 0 Å². The van der Waals surface area contributed by atoms with Crippen LogP contribution in [0.25, 0.3) is 0 Å². The summed E-state index contributed by atoms with van der Waals surface area (Å²) in [5.74, 6) is 1.23. The first-order valence-electron chi connectivity index (χ1n) is 6.93. The van der Waals surface area contributed by atoms with Gasteiger partial charge in [-0.25, -0.2) is 0 Å². The lowest BCUT2D eigenvalue weighted by Gasteiger charge is -2.39. The largest absolute Gasteiger partial charge is 0.496 e. The van der Waals surface area contributed by atoms with Crippen LogP contribution in [0.2, 0.25) is 0 Å². The molecule has 4 nitrogen and oxygen atoms in total. The number of piperidine rings is 1. The van der Waals surface area contributed by atoms with E-state index in [-0.39, 0.29) is 24.4 Å². The highest BCUT2D eigenvalue weighted by Gasteiger charge is 2.31. The standard InChI is InChI=1S/C15H21BrN2O2.ClH/c1-10-4-3-7-18(13(10)9-17)15(19)11-5-6-14(20-2)12(16)8-11;/h5-6,8,10,13H,3-4,7,9,17H2,1-2H3;1H. The van der Waals surface area contributed by atoms with Gasteiger partial charge in [-0.05, 0) is 52.9 Å². The zero-order valence-corrected chi connectivity index (χ0v) is 14.7. The quantitative estimate of drug-likeness (QED) is 0.880. The molecule has 21 heavy (non-hydrogen) atoms. The van der Waals surface area contributed by atoms with Gasteiger partial charge in [0.1, 0.15) is 5.75 Å². The van der Waals surface area contributed by atoms with Crippen LogP contribution < -0.4 is 10.5 Å². The van der Waals surface area contributed by atoms with Gasteiger partial charge in [-0.1, -0.05) is 6.92 Å². The molecule has 2 rings (SSSR count). The lowest BCUT2D eigenvalue weighted by atomic mass is 9.90. The van der Waals surface area contributed by atoms with Gasteiger partial charge in [0.2, 0.25) is 0 Å². The van der Waals surface area contributed by atoms with E-state index in [1.165, 1.54) is 0 Å². The second-order valence-corrected chi connectivity index (χ2v) is 6.12. The maximum absolute atomic E-state index is 12.7. The number of nitrogens with zero attached hydrogens (tertiary/aromatic N) is 1. The number of carbonyl (C=O) groups is 1. The number of hydrogen-bond donors (Lipinski definition) is 1. The van der Waals surface area contributed by atoms with E-state index in [9.17, 15) is 4.79 Å². The molecule has 1 fully saturated rings. The Morgan fingerprint density at radius 3 is 2.81 bits per heavy atom. The molecular formula is C15H22BrClN2O2. The predicted octanol–water partition coefficient (Wildman–Crippen LogP) is 3.08. The van der Waals surface area contributed by atoms with E-state index in [1.807, 2.05) is 17.0 Å². The Morgan fingerprint density at radius 2 is 2.24 bits per heavy atom. The molecule has 0 aliphatic carbocycles. The molecule has 1 amide bonds. The summed E-state index contributed by atoms with van der Waals surface area (Å²) in [5, 5.41) is 0. The Kier molecular flexibility index (Phi) is 6.97. The number of amides is 1. The molecule has 1 aliphatic rings. The van der Waals surface area contributed by atoms with E-state index in [0.29, 0.717) is 18.0 Å². The number of ether oxygens (including phenoxy) is 1. The van der Waals surface area contributed by atoms with Gasteiger partial charge in [-0.3, -0.25) is 4.79 Å². The van der Waals surface area contributed by atoms with Gasteiger partial charge >= 0.3 is 0 Å². The van der Waals surface area contributed by atoms with Gasteiger partial charge in [0.25, 0.3) is 5.91 Å². The van der Waals surface area contributed by atoms with E-state index in [4.69, 9.17) is 10.5 Å². The summed E-state index contributed by atoms with van der Waals surface area (Å²) in [4.78, 5) is 14.6. The minimum atomic E-state index is 0. The topological polar surface area (TPSA) is 55.6 Å². The van der Waals surface area contributed by atoms with Crippen molar-refractivity contribution in [1.29, 1.82) is 0 Å². The number of likely N-dealkylation sites (tertiary alicyclic amines) is 1. The molecule has 0 aromatic heterocycles. The maximum atomic E-state index is 12.7. The number of hydrogen-bond acceptors (Lipinski definition) is 3. The second-order valence-electron chi connectivity index (χ2n) is 5.27. The van der Waals surface area contributed by atoms with Crippen LogP contribution in [-0.2, 0) is 0 Å². The fourth-order valence-corrected chi connectivity index (χ4v) is 3.37. The molecule has 0 spiro atoms. The predicted molar refractivity (Wildman–Crippen MR) is 90.2 cm³/mol. The monoisotopic (exact) mass is 376 g/mol. The SMILES string of the molecule is COc1ccc(C(=O)N2CCCC(C)C2CN)cc1Br.Cl. The first kappa shape index (κ1) is 18.3. The highest BCUT2D eigenvalue weighted by molar-refractivity contribution is 9.10. The Labute approximate surface area is 140 Å². The van der Waals surface area contributed by atoms with Gasteiger partial charge in [-0.15, -0.1) is 12.4 Å². The van der Waals surface area contributed by atoms with Crippen molar-refractivity contribution in [2.24, 2.45) is 11.7 Å². The Morgan fingerprint density at radius 1 is 1.52 bits per heavy atom. The van der Waals surface area contributed by atoms with Crippen molar-refractivity contribution >= 4 is 34.2 Å². The van der Waals surface area contributed by atoms with Crippen molar-refractivity contribution in [3.63, 3.8) is 0 Å². The fourth-order valence-electron chi connectivity index (χ4n) is 2.83. The second kappa shape index (κ2) is 8.01. The smallest absolute Gasteiger partial charge is 0.254 e. The molecule has 0 bridgehead atoms. The Bertz CT molecular complexity index is 499. The Balaban J connectivity index is 0.00000220. The van der Waals surface area contributed by atoms with E-state index in [2.05, 4.69) is 22.9 Å². The third-order valence-electron chi connectivity index (χ3n) is 4.02. The van der Waals surface area contributed by atoms with Gasteiger partial charge in [0.15, 0.2) is 0 Å². The lowest BCUT2D eigenvalue weighted by molar-refractivity contribution is 0.0532. The van der Waals surface area contributed by atoms with Crippen LogP contribution in [0, 0.1) is 5.92 Å². The minimum absolute atomic E-state index is 0. The summed E-state index contributed by atoms with van der Waals surface area (Å²) in [5.41, 5.74) is 6.52. The summed E-state index contributed by atoms with van der Waals surface area (Å²) < 4.78 is 5.98. The molecule has 1 aromatic rings. The lowest BCUT2D eigenvalue weighted by Crippen LogP contribution is -2.51. The Hall–Kier alpha value is -0.780. The third kappa shape index (κ3) is 3.90. The molecule has 1 heterocycles.